The minimum atomic E-state index is -0.299. The fourth-order valence-electron chi connectivity index (χ4n) is 7.37. The number of nitrogens with zero attached hydrogens (tertiary/aromatic N) is 2. The lowest BCUT2D eigenvalue weighted by atomic mass is 9.81. The summed E-state index contributed by atoms with van der Waals surface area (Å²) < 4.78 is 13.6. The molecule has 6 rings (SSSR count). The summed E-state index contributed by atoms with van der Waals surface area (Å²) in [5, 5.41) is 0.910. The van der Waals surface area contributed by atoms with Gasteiger partial charge in [-0.05, 0) is 82.4 Å². The number of ether oxygens (including phenoxy) is 2. The van der Waals surface area contributed by atoms with Gasteiger partial charge in [-0.15, -0.1) is 5.73 Å². The summed E-state index contributed by atoms with van der Waals surface area (Å²) >= 11 is 7.16. The predicted molar refractivity (Wildman–Crippen MR) is 196 cm³/mol. The first-order valence-corrected chi connectivity index (χ1v) is 17.4. The van der Waals surface area contributed by atoms with E-state index in [1.54, 1.807) is 12.1 Å². The van der Waals surface area contributed by atoms with Gasteiger partial charge in [-0.1, -0.05) is 72.3 Å². The van der Waals surface area contributed by atoms with Gasteiger partial charge in [-0.3, -0.25) is 4.79 Å². The highest BCUT2D eigenvalue weighted by Gasteiger charge is 2.43. The number of hydrogen-bond acceptors (Lipinski definition) is 4. The van der Waals surface area contributed by atoms with Gasteiger partial charge >= 0.3 is 5.97 Å². The molecule has 0 spiro atoms. The normalized spacial score (nSPS) is 19.4. The quantitative estimate of drug-likeness (QED) is 0.0714. The highest BCUT2D eigenvalue weighted by molar-refractivity contribution is 6.30. The number of carbonyl (C=O) groups is 1. The molecule has 1 atom stereocenters. The fourth-order valence-corrected chi connectivity index (χ4v) is 7.70. The van der Waals surface area contributed by atoms with Gasteiger partial charge < -0.3 is 14.4 Å². The van der Waals surface area contributed by atoms with Gasteiger partial charge in [0.1, 0.15) is 12.8 Å². The van der Waals surface area contributed by atoms with Gasteiger partial charge in [-0.25, -0.2) is 0 Å². The number of esters is 1. The summed E-state index contributed by atoms with van der Waals surface area (Å²) in [6.45, 7) is 10.5. The second kappa shape index (κ2) is 14.1. The molecule has 3 aromatic carbocycles. The fraction of sp³-hybridized carbons (Fsp3) is 0.357. The number of halogens is 1. The van der Waals surface area contributed by atoms with Crippen molar-refractivity contribution in [2.45, 2.75) is 64.2 Å². The van der Waals surface area contributed by atoms with E-state index in [1.165, 1.54) is 33.8 Å². The largest absolute Gasteiger partial charge is 0.426 e. The van der Waals surface area contributed by atoms with Gasteiger partial charge in [0.2, 0.25) is 5.69 Å². The van der Waals surface area contributed by atoms with E-state index in [-0.39, 0.29) is 29.1 Å². The van der Waals surface area contributed by atoms with Crippen molar-refractivity contribution in [2.75, 3.05) is 31.7 Å². The standard InChI is InChI=1S/C42H46ClN2O3/c1-41(2)33-18-9-11-20-35(33)44(5)37(41)24-22-30-14-13-15-31(40(30)43)23-25-38-42(3,4)34-19-10-12-21-36(34)45(38)27-29-47-28-26-39(46)48-32-16-7-6-8-17-32/h6-12,16-24,31H,13-15,26-29H2,1-5H3/q+1/b24-22+. The number of benzene rings is 3. The topological polar surface area (TPSA) is 41.8 Å². The molecule has 0 saturated heterocycles. The zero-order chi connectivity index (χ0) is 33.9. The van der Waals surface area contributed by atoms with Crippen LogP contribution in [-0.2, 0) is 20.4 Å². The Bertz CT molecular complexity index is 1840. The van der Waals surface area contributed by atoms with Crippen molar-refractivity contribution in [3.8, 4) is 5.75 Å². The third kappa shape index (κ3) is 6.73. The first-order chi connectivity index (χ1) is 23.1. The average Bonchev–Trinajstić information content (AvgIpc) is 3.41. The maximum atomic E-state index is 12.3. The Morgan fingerprint density at radius 3 is 2.42 bits per heavy atom. The molecule has 3 aromatic rings. The van der Waals surface area contributed by atoms with Crippen LogP contribution in [0.25, 0.3) is 0 Å². The van der Waals surface area contributed by atoms with Crippen molar-refractivity contribution in [3.63, 3.8) is 0 Å². The van der Waals surface area contributed by atoms with Crippen LogP contribution in [0.5, 0.6) is 5.75 Å². The molecule has 5 nitrogen and oxygen atoms in total. The number of anilines is 1. The highest BCUT2D eigenvalue weighted by atomic mass is 35.5. The number of rotatable bonds is 10. The molecule has 248 valence electrons. The van der Waals surface area contributed by atoms with Crippen molar-refractivity contribution < 1.29 is 18.8 Å². The maximum absolute atomic E-state index is 12.3. The van der Waals surface area contributed by atoms with E-state index < -0.39 is 0 Å². The van der Waals surface area contributed by atoms with Gasteiger partial charge in [0.05, 0.1) is 30.7 Å². The first-order valence-electron chi connectivity index (χ1n) is 17.0. The van der Waals surface area contributed by atoms with E-state index in [1.807, 2.05) is 18.2 Å². The number of hydrogen-bond donors (Lipinski definition) is 0. The zero-order valence-corrected chi connectivity index (χ0v) is 29.5. The van der Waals surface area contributed by atoms with Crippen LogP contribution in [0.4, 0.5) is 11.4 Å². The first kappa shape index (κ1) is 33.7. The Balaban J connectivity index is 1.17. The molecule has 0 bridgehead atoms. The number of para-hydroxylation sites is 3. The van der Waals surface area contributed by atoms with Crippen molar-refractivity contribution in [3.05, 3.63) is 130 Å². The molecule has 48 heavy (non-hydrogen) atoms. The molecular weight excluding hydrogens is 616 g/mol. The molecule has 0 N–H and O–H groups in total. The molecule has 2 aliphatic heterocycles. The molecular formula is C42H46ClN2O3+. The Morgan fingerprint density at radius 1 is 0.938 bits per heavy atom. The highest BCUT2D eigenvalue weighted by Crippen LogP contribution is 2.47. The van der Waals surface area contributed by atoms with Gasteiger partial charge in [0.25, 0.3) is 0 Å². The van der Waals surface area contributed by atoms with Crippen LogP contribution in [-0.4, -0.2) is 43.1 Å². The Morgan fingerprint density at radius 2 is 1.65 bits per heavy atom. The van der Waals surface area contributed by atoms with Gasteiger partial charge in [0.15, 0.2) is 5.71 Å². The number of carbonyl (C=O) groups excluding carboxylic acids is 1. The van der Waals surface area contributed by atoms with Crippen LogP contribution in [0.15, 0.2) is 119 Å². The smallest absolute Gasteiger partial charge is 0.313 e. The lowest BCUT2D eigenvalue weighted by Crippen LogP contribution is -2.29. The predicted octanol–water partition coefficient (Wildman–Crippen LogP) is 9.39. The maximum Gasteiger partial charge on any atom is 0.313 e. The van der Waals surface area contributed by atoms with E-state index in [0.717, 1.165) is 30.0 Å². The average molecular weight is 662 g/mol. The third-order valence-corrected chi connectivity index (χ3v) is 10.5. The van der Waals surface area contributed by atoms with Crippen molar-refractivity contribution in [1.82, 2.24) is 0 Å². The summed E-state index contributed by atoms with van der Waals surface area (Å²) in [6, 6.07) is 26.3. The number of allylic oxidation sites excluding steroid dienone is 5. The minimum Gasteiger partial charge on any atom is -0.426 e. The molecule has 6 heteroatoms. The molecule has 0 amide bonds. The molecule has 0 aromatic heterocycles. The molecule has 0 radical (unpaired) electrons. The third-order valence-electron chi connectivity index (χ3n) is 10.0. The number of fused-ring (bicyclic) bond motifs is 2. The summed E-state index contributed by atoms with van der Waals surface area (Å²) in [4.78, 5) is 14.6. The van der Waals surface area contributed by atoms with E-state index in [0.29, 0.717) is 25.5 Å². The molecule has 3 aliphatic rings. The Kier molecular flexibility index (Phi) is 9.94. The Hall–Kier alpha value is -4.15. The van der Waals surface area contributed by atoms with Crippen LogP contribution >= 0.6 is 11.6 Å². The molecule has 0 saturated carbocycles. The van der Waals surface area contributed by atoms with Crippen molar-refractivity contribution in [1.29, 1.82) is 0 Å². The minimum absolute atomic E-state index is 0.0744. The van der Waals surface area contributed by atoms with Crippen LogP contribution in [0.1, 0.15) is 64.5 Å². The van der Waals surface area contributed by atoms with Crippen LogP contribution < -0.4 is 9.64 Å². The zero-order valence-electron chi connectivity index (χ0n) is 28.8. The summed E-state index contributed by atoms with van der Waals surface area (Å²) in [6.07, 6.45) is 9.94. The molecule has 0 fully saturated rings. The molecule has 2 heterocycles. The van der Waals surface area contributed by atoms with E-state index in [9.17, 15) is 4.79 Å². The van der Waals surface area contributed by atoms with E-state index in [4.69, 9.17) is 21.1 Å². The van der Waals surface area contributed by atoms with Crippen molar-refractivity contribution >= 4 is 34.7 Å². The van der Waals surface area contributed by atoms with Gasteiger partial charge in [0, 0.05) is 46.3 Å². The van der Waals surface area contributed by atoms with Crippen LogP contribution in [0.2, 0.25) is 0 Å². The lowest BCUT2D eigenvalue weighted by Gasteiger charge is -2.26. The Labute approximate surface area is 290 Å². The SMILES string of the molecule is C[N+]1=C(/C=C/C2=C(Cl)C(C=C=C3N(CCOCCC(=O)Oc4ccccc4)c4ccccc4C3(C)C)CCC2)C(C)(C)c2ccccc21. The van der Waals surface area contributed by atoms with Crippen LogP contribution in [0, 0.1) is 5.92 Å². The van der Waals surface area contributed by atoms with E-state index in [2.05, 4.69) is 117 Å². The lowest BCUT2D eigenvalue weighted by molar-refractivity contribution is -0.401. The second-order valence-corrected chi connectivity index (χ2v) is 14.3. The van der Waals surface area contributed by atoms with Crippen molar-refractivity contribution in [2.24, 2.45) is 5.92 Å². The van der Waals surface area contributed by atoms with Gasteiger partial charge in [-0.2, -0.15) is 4.58 Å². The second-order valence-electron chi connectivity index (χ2n) is 13.9. The summed E-state index contributed by atoms with van der Waals surface area (Å²) in [5.41, 5.74) is 12.1. The molecule has 1 aliphatic carbocycles. The van der Waals surface area contributed by atoms with E-state index >= 15 is 0 Å². The monoisotopic (exact) mass is 661 g/mol. The van der Waals surface area contributed by atoms with Crippen LogP contribution in [0.3, 0.4) is 0 Å². The molecule has 1 unspecified atom stereocenters. The summed E-state index contributed by atoms with van der Waals surface area (Å²) in [7, 11) is 2.15. The summed E-state index contributed by atoms with van der Waals surface area (Å²) in [5.74, 6) is 0.357.